The molecule has 0 spiro atoms. The summed E-state index contributed by atoms with van der Waals surface area (Å²) in [6.07, 6.45) is 1.69. The SMILES string of the molecule is Cc1ccc(-c2nc(C)c(C(=O)NC(C(=O)O)C3CC3)s2)o1. The van der Waals surface area contributed by atoms with Crippen molar-refractivity contribution in [2.75, 3.05) is 0 Å². The second-order valence-electron chi connectivity index (χ2n) is 5.47. The average Bonchev–Trinajstić information content (AvgIpc) is 3.08. The molecule has 2 heterocycles. The van der Waals surface area contributed by atoms with Crippen molar-refractivity contribution in [1.29, 1.82) is 0 Å². The summed E-state index contributed by atoms with van der Waals surface area (Å²) >= 11 is 1.21. The lowest BCUT2D eigenvalue weighted by Crippen LogP contribution is -2.42. The van der Waals surface area contributed by atoms with Gasteiger partial charge in [0, 0.05) is 0 Å². The molecule has 1 atom stereocenters. The maximum atomic E-state index is 12.3. The first-order chi connectivity index (χ1) is 10.5. The highest BCUT2D eigenvalue weighted by Gasteiger charge is 2.37. The number of nitrogens with one attached hydrogen (secondary N) is 1. The molecule has 0 aromatic carbocycles. The van der Waals surface area contributed by atoms with Crippen molar-refractivity contribution in [3.05, 3.63) is 28.5 Å². The topological polar surface area (TPSA) is 92.4 Å². The predicted octanol–water partition coefficient (Wildman–Crippen LogP) is 2.61. The van der Waals surface area contributed by atoms with Gasteiger partial charge >= 0.3 is 5.97 Å². The molecule has 0 radical (unpaired) electrons. The van der Waals surface area contributed by atoms with Crippen LogP contribution < -0.4 is 5.32 Å². The van der Waals surface area contributed by atoms with E-state index in [1.54, 1.807) is 13.0 Å². The third-order valence-electron chi connectivity index (χ3n) is 3.60. The van der Waals surface area contributed by atoms with Crippen molar-refractivity contribution in [2.45, 2.75) is 32.7 Å². The van der Waals surface area contributed by atoms with Gasteiger partial charge in [0.15, 0.2) is 10.8 Å². The van der Waals surface area contributed by atoms with E-state index >= 15 is 0 Å². The summed E-state index contributed by atoms with van der Waals surface area (Å²) in [5.41, 5.74) is 0.575. The van der Waals surface area contributed by atoms with E-state index in [4.69, 9.17) is 4.42 Å². The predicted molar refractivity (Wildman–Crippen MR) is 80.9 cm³/mol. The lowest BCUT2D eigenvalue weighted by Gasteiger charge is -2.12. The molecule has 2 aromatic heterocycles. The second kappa shape index (κ2) is 5.57. The Morgan fingerprint density at radius 1 is 1.41 bits per heavy atom. The van der Waals surface area contributed by atoms with Crippen molar-refractivity contribution in [2.24, 2.45) is 5.92 Å². The number of carboxylic acid groups (broad SMARTS) is 1. The number of thiazole rings is 1. The van der Waals surface area contributed by atoms with Gasteiger partial charge in [-0.2, -0.15) is 0 Å². The van der Waals surface area contributed by atoms with Crippen LogP contribution in [0.25, 0.3) is 10.8 Å². The van der Waals surface area contributed by atoms with Crippen LogP contribution in [0.4, 0.5) is 0 Å². The zero-order chi connectivity index (χ0) is 15.9. The first-order valence-electron chi connectivity index (χ1n) is 7.03. The molecular formula is C15H16N2O4S. The Bertz CT molecular complexity index is 730. The summed E-state index contributed by atoms with van der Waals surface area (Å²) in [5, 5.41) is 12.4. The highest BCUT2D eigenvalue weighted by Crippen LogP contribution is 2.34. The fraction of sp³-hybridized carbons (Fsp3) is 0.400. The number of aliphatic carboxylic acids is 1. The molecule has 1 saturated carbocycles. The number of aromatic nitrogens is 1. The zero-order valence-electron chi connectivity index (χ0n) is 12.3. The van der Waals surface area contributed by atoms with Crippen LogP contribution in [-0.4, -0.2) is 28.0 Å². The minimum atomic E-state index is -0.986. The Morgan fingerprint density at radius 3 is 2.68 bits per heavy atom. The maximum absolute atomic E-state index is 12.3. The van der Waals surface area contributed by atoms with E-state index in [1.807, 2.05) is 13.0 Å². The summed E-state index contributed by atoms with van der Waals surface area (Å²) in [4.78, 5) is 28.3. The Labute approximate surface area is 131 Å². The van der Waals surface area contributed by atoms with Gasteiger partial charge in [-0.25, -0.2) is 9.78 Å². The lowest BCUT2D eigenvalue weighted by molar-refractivity contribution is -0.139. The highest BCUT2D eigenvalue weighted by molar-refractivity contribution is 7.17. The van der Waals surface area contributed by atoms with Crippen LogP contribution in [0.1, 0.15) is 34.0 Å². The summed E-state index contributed by atoms with van der Waals surface area (Å²) < 4.78 is 5.51. The summed E-state index contributed by atoms with van der Waals surface area (Å²) in [6.45, 7) is 3.57. The van der Waals surface area contributed by atoms with Crippen LogP contribution in [0.15, 0.2) is 16.5 Å². The van der Waals surface area contributed by atoms with Gasteiger partial charge in [0.05, 0.1) is 5.69 Å². The van der Waals surface area contributed by atoms with E-state index < -0.39 is 12.0 Å². The van der Waals surface area contributed by atoms with Crippen LogP contribution in [0.2, 0.25) is 0 Å². The molecule has 2 aromatic rings. The van der Waals surface area contributed by atoms with E-state index in [1.165, 1.54) is 11.3 Å². The summed E-state index contributed by atoms with van der Waals surface area (Å²) in [7, 11) is 0. The van der Waals surface area contributed by atoms with Gasteiger partial charge < -0.3 is 14.8 Å². The molecule has 3 rings (SSSR count). The van der Waals surface area contributed by atoms with Crippen molar-refractivity contribution in [3.8, 4) is 10.8 Å². The highest BCUT2D eigenvalue weighted by atomic mass is 32.1. The molecule has 0 aliphatic heterocycles. The van der Waals surface area contributed by atoms with Crippen molar-refractivity contribution >= 4 is 23.2 Å². The minimum absolute atomic E-state index is 0.0434. The summed E-state index contributed by atoms with van der Waals surface area (Å²) in [5.74, 6) is 0.0563. The maximum Gasteiger partial charge on any atom is 0.326 e. The third-order valence-corrected chi connectivity index (χ3v) is 4.77. The molecule has 7 heteroatoms. The van der Waals surface area contributed by atoms with E-state index in [9.17, 15) is 14.7 Å². The molecule has 0 bridgehead atoms. The largest absolute Gasteiger partial charge is 0.480 e. The molecule has 1 unspecified atom stereocenters. The Morgan fingerprint density at radius 2 is 2.14 bits per heavy atom. The molecule has 6 nitrogen and oxygen atoms in total. The fourth-order valence-corrected chi connectivity index (χ4v) is 3.21. The fourth-order valence-electron chi connectivity index (χ4n) is 2.28. The average molecular weight is 320 g/mol. The number of hydrogen-bond acceptors (Lipinski definition) is 5. The number of carboxylic acids is 1. The number of nitrogens with zero attached hydrogens (tertiary/aromatic N) is 1. The molecule has 1 aliphatic rings. The van der Waals surface area contributed by atoms with E-state index in [-0.39, 0.29) is 11.8 Å². The molecule has 1 fully saturated rings. The van der Waals surface area contributed by atoms with Crippen molar-refractivity contribution in [1.82, 2.24) is 10.3 Å². The number of hydrogen-bond donors (Lipinski definition) is 2. The van der Waals surface area contributed by atoms with Gasteiger partial charge in [0.25, 0.3) is 5.91 Å². The van der Waals surface area contributed by atoms with E-state index in [2.05, 4.69) is 10.3 Å². The van der Waals surface area contributed by atoms with Crippen LogP contribution in [-0.2, 0) is 4.79 Å². The molecule has 1 amide bonds. The first-order valence-corrected chi connectivity index (χ1v) is 7.85. The number of furan rings is 1. The zero-order valence-corrected chi connectivity index (χ0v) is 13.1. The third kappa shape index (κ3) is 2.89. The van der Waals surface area contributed by atoms with Gasteiger partial charge in [-0.3, -0.25) is 4.79 Å². The smallest absolute Gasteiger partial charge is 0.326 e. The standard InChI is InChI=1S/C15H16N2O4S/c1-7-3-6-10(21-7)14-16-8(2)12(22-14)13(18)17-11(15(19)20)9-4-5-9/h3,6,9,11H,4-5H2,1-2H3,(H,17,18)(H,19,20). The normalized spacial score (nSPS) is 15.5. The van der Waals surface area contributed by atoms with Crippen LogP contribution in [0.5, 0.6) is 0 Å². The summed E-state index contributed by atoms with van der Waals surface area (Å²) in [6, 6.07) is 2.82. The monoisotopic (exact) mass is 320 g/mol. The number of amides is 1. The molecule has 116 valence electrons. The quantitative estimate of drug-likeness (QED) is 0.883. The lowest BCUT2D eigenvalue weighted by atomic mass is 10.2. The van der Waals surface area contributed by atoms with Gasteiger partial charge in [-0.15, -0.1) is 11.3 Å². The van der Waals surface area contributed by atoms with Gasteiger partial charge in [-0.1, -0.05) is 0 Å². The molecule has 22 heavy (non-hydrogen) atoms. The van der Waals surface area contributed by atoms with Crippen LogP contribution >= 0.6 is 11.3 Å². The van der Waals surface area contributed by atoms with Crippen LogP contribution in [0, 0.1) is 19.8 Å². The molecule has 2 N–H and O–H groups in total. The number of carbonyl (C=O) groups excluding carboxylic acids is 1. The minimum Gasteiger partial charge on any atom is -0.480 e. The molecular weight excluding hydrogens is 304 g/mol. The van der Waals surface area contributed by atoms with E-state index in [0.29, 0.717) is 21.3 Å². The van der Waals surface area contributed by atoms with Gasteiger partial charge in [0.2, 0.25) is 0 Å². The Kier molecular flexibility index (Phi) is 3.74. The Balaban J connectivity index is 1.80. The number of carbonyl (C=O) groups is 2. The Hall–Kier alpha value is -2.15. The number of aryl methyl sites for hydroxylation is 2. The number of rotatable bonds is 5. The molecule has 1 aliphatic carbocycles. The molecule has 0 saturated heterocycles. The van der Waals surface area contributed by atoms with E-state index in [0.717, 1.165) is 18.6 Å². The van der Waals surface area contributed by atoms with Gasteiger partial charge in [0.1, 0.15) is 16.7 Å². The van der Waals surface area contributed by atoms with Crippen LogP contribution in [0.3, 0.4) is 0 Å². The first kappa shape index (κ1) is 14.8. The second-order valence-corrected chi connectivity index (χ2v) is 6.47. The van der Waals surface area contributed by atoms with Crippen molar-refractivity contribution < 1.29 is 19.1 Å². The van der Waals surface area contributed by atoms with Crippen molar-refractivity contribution in [3.63, 3.8) is 0 Å². The van der Waals surface area contributed by atoms with Gasteiger partial charge in [-0.05, 0) is 44.7 Å².